The molecular formula is C19H20N8O2. The van der Waals surface area contributed by atoms with Gasteiger partial charge >= 0.3 is 6.03 Å². The first-order chi connectivity index (χ1) is 14.1. The zero-order valence-electron chi connectivity index (χ0n) is 16.2. The number of nitrogens with zero attached hydrogens (tertiary/aromatic N) is 7. The van der Waals surface area contributed by atoms with Crippen LogP contribution in [0.25, 0.3) is 11.4 Å². The van der Waals surface area contributed by atoms with Crippen LogP contribution in [0.4, 0.5) is 10.5 Å². The Hall–Kier alpha value is -3.87. The van der Waals surface area contributed by atoms with Gasteiger partial charge in [-0.1, -0.05) is 0 Å². The van der Waals surface area contributed by atoms with E-state index in [0.717, 1.165) is 11.4 Å². The van der Waals surface area contributed by atoms with Gasteiger partial charge in [-0.2, -0.15) is 10.4 Å². The number of nitriles is 1. The van der Waals surface area contributed by atoms with Gasteiger partial charge in [0.05, 0.1) is 42.2 Å². The van der Waals surface area contributed by atoms with Gasteiger partial charge < -0.3 is 19.5 Å². The molecule has 1 aliphatic rings. The molecule has 0 aliphatic carbocycles. The van der Waals surface area contributed by atoms with Gasteiger partial charge in [-0.05, 0) is 25.1 Å². The van der Waals surface area contributed by atoms with Crippen LogP contribution in [-0.2, 0) is 20.1 Å². The van der Waals surface area contributed by atoms with Crippen molar-refractivity contribution < 1.29 is 9.53 Å². The molecule has 148 valence electrons. The SMILES string of the molecule is CCOc1ccc(C#N)cc1NC(=O)N1CCn2c(nnc2-c2cnn(C)c2)C1. The molecule has 4 rings (SSSR count). The van der Waals surface area contributed by atoms with Crippen molar-refractivity contribution >= 4 is 11.7 Å². The van der Waals surface area contributed by atoms with Crippen LogP contribution < -0.4 is 10.1 Å². The number of anilines is 1. The van der Waals surface area contributed by atoms with Crippen LogP contribution in [0.15, 0.2) is 30.6 Å². The van der Waals surface area contributed by atoms with E-state index in [1.165, 1.54) is 0 Å². The molecule has 0 bridgehead atoms. The Morgan fingerprint density at radius 3 is 2.93 bits per heavy atom. The number of nitrogens with one attached hydrogen (secondary N) is 1. The van der Waals surface area contributed by atoms with E-state index in [9.17, 15) is 4.79 Å². The fourth-order valence-electron chi connectivity index (χ4n) is 3.25. The first kappa shape index (κ1) is 18.5. The lowest BCUT2D eigenvalue weighted by molar-refractivity contribution is 0.196. The lowest BCUT2D eigenvalue weighted by atomic mass is 10.2. The lowest BCUT2D eigenvalue weighted by Gasteiger charge is -2.28. The smallest absolute Gasteiger partial charge is 0.322 e. The van der Waals surface area contributed by atoms with Crippen molar-refractivity contribution in [2.45, 2.75) is 20.0 Å². The zero-order chi connectivity index (χ0) is 20.4. The summed E-state index contributed by atoms with van der Waals surface area (Å²) in [4.78, 5) is 14.5. The first-order valence-corrected chi connectivity index (χ1v) is 9.23. The maximum atomic E-state index is 12.8. The Morgan fingerprint density at radius 1 is 1.34 bits per heavy atom. The highest BCUT2D eigenvalue weighted by atomic mass is 16.5. The number of carbonyl (C=O) groups is 1. The topological polar surface area (TPSA) is 114 Å². The predicted octanol–water partition coefficient (Wildman–Crippen LogP) is 2.00. The van der Waals surface area contributed by atoms with Crippen molar-refractivity contribution in [1.82, 2.24) is 29.4 Å². The van der Waals surface area contributed by atoms with Crippen LogP contribution >= 0.6 is 0 Å². The molecule has 1 aliphatic heterocycles. The number of hydrogen-bond donors (Lipinski definition) is 1. The summed E-state index contributed by atoms with van der Waals surface area (Å²) in [5.74, 6) is 1.98. The molecule has 29 heavy (non-hydrogen) atoms. The van der Waals surface area contributed by atoms with Crippen LogP contribution in [0.5, 0.6) is 5.75 Å². The minimum Gasteiger partial charge on any atom is -0.492 e. The minimum atomic E-state index is -0.279. The molecule has 3 aromatic rings. The maximum absolute atomic E-state index is 12.8. The number of ether oxygens (including phenoxy) is 1. The van der Waals surface area contributed by atoms with Crippen molar-refractivity contribution in [2.75, 3.05) is 18.5 Å². The van der Waals surface area contributed by atoms with Crippen molar-refractivity contribution in [1.29, 1.82) is 5.26 Å². The number of rotatable bonds is 4. The normalized spacial score (nSPS) is 12.9. The minimum absolute atomic E-state index is 0.279. The number of fused-ring (bicyclic) bond motifs is 1. The van der Waals surface area contributed by atoms with Gasteiger partial charge in [-0.25, -0.2) is 4.79 Å². The molecule has 0 unspecified atom stereocenters. The van der Waals surface area contributed by atoms with Crippen LogP contribution in [0, 0.1) is 11.3 Å². The molecule has 1 N–H and O–H groups in total. The van der Waals surface area contributed by atoms with Crippen LogP contribution in [0.2, 0.25) is 0 Å². The largest absolute Gasteiger partial charge is 0.492 e. The Balaban J connectivity index is 1.51. The van der Waals surface area contributed by atoms with Gasteiger partial charge in [0.2, 0.25) is 0 Å². The molecule has 10 heteroatoms. The van der Waals surface area contributed by atoms with Gasteiger partial charge in [0.1, 0.15) is 5.75 Å². The van der Waals surface area contributed by atoms with Crippen LogP contribution in [0.1, 0.15) is 18.3 Å². The van der Waals surface area contributed by atoms with Gasteiger partial charge in [-0.15, -0.1) is 10.2 Å². The fourth-order valence-corrected chi connectivity index (χ4v) is 3.25. The summed E-state index contributed by atoms with van der Waals surface area (Å²) in [7, 11) is 1.85. The van der Waals surface area contributed by atoms with Crippen LogP contribution in [0.3, 0.4) is 0 Å². The average molecular weight is 392 g/mol. The summed E-state index contributed by atoms with van der Waals surface area (Å²) in [6.45, 7) is 3.74. The number of hydrogen-bond acceptors (Lipinski definition) is 6. The number of carbonyl (C=O) groups excluding carboxylic acids is 1. The summed E-state index contributed by atoms with van der Waals surface area (Å²) in [6.07, 6.45) is 3.63. The van der Waals surface area contributed by atoms with E-state index in [2.05, 4.69) is 26.7 Å². The van der Waals surface area contributed by atoms with Crippen LogP contribution in [-0.4, -0.2) is 48.6 Å². The van der Waals surface area contributed by atoms with Gasteiger partial charge in [0.15, 0.2) is 11.6 Å². The summed E-state index contributed by atoms with van der Waals surface area (Å²) in [5, 5.41) is 24.7. The second-order valence-corrected chi connectivity index (χ2v) is 6.60. The van der Waals surface area contributed by atoms with E-state index in [4.69, 9.17) is 10.00 Å². The zero-order valence-corrected chi connectivity index (χ0v) is 16.2. The van der Waals surface area contributed by atoms with E-state index < -0.39 is 0 Å². The van der Waals surface area contributed by atoms with Crippen molar-refractivity contribution in [3.63, 3.8) is 0 Å². The number of aryl methyl sites for hydroxylation is 1. The Morgan fingerprint density at radius 2 is 2.21 bits per heavy atom. The third-order valence-electron chi connectivity index (χ3n) is 4.65. The quantitative estimate of drug-likeness (QED) is 0.726. The monoisotopic (exact) mass is 392 g/mol. The standard InChI is InChI=1S/C19H20N8O2/c1-3-29-16-5-4-13(9-20)8-15(16)22-19(28)26-6-7-27-17(12-26)23-24-18(27)14-10-21-25(2)11-14/h4-5,8,10-11H,3,6-7,12H2,1-2H3,(H,22,28). The Kier molecular flexibility index (Phi) is 4.87. The molecule has 0 radical (unpaired) electrons. The number of amides is 2. The number of urea groups is 1. The van der Waals surface area contributed by atoms with E-state index >= 15 is 0 Å². The fraction of sp³-hybridized carbons (Fsp3) is 0.316. The second kappa shape index (κ2) is 7.63. The van der Waals surface area contributed by atoms with Crippen molar-refractivity contribution in [2.24, 2.45) is 7.05 Å². The summed E-state index contributed by atoms with van der Waals surface area (Å²) in [6, 6.07) is 6.74. The molecule has 0 atom stereocenters. The summed E-state index contributed by atoms with van der Waals surface area (Å²) in [5.41, 5.74) is 1.81. The molecule has 3 heterocycles. The summed E-state index contributed by atoms with van der Waals surface area (Å²) >= 11 is 0. The van der Waals surface area contributed by atoms with Gasteiger partial charge in [0, 0.05) is 26.3 Å². The van der Waals surface area contributed by atoms with E-state index in [0.29, 0.717) is 49.1 Å². The van der Waals surface area contributed by atoms with E-state index in [-0.39, 0.29) is 6.03 Å². The molecule has 1 aromatic carbocycles. The van der Waals surface area contributed by atoms with Crippen molar-refractivity contribution in [3.8, 4) is 23.2 Å². The second-order valence-electron chi connectivity index (χ2n) is 6.60. The Labute approximate surface area is 167 Å². The molecule has 2 aromatic heterocycles. The number of aromatic nitrogens is 5. The highest BCUT2D eigenvalue weighted by Gasteiger charge is 2.26. The third-order valence-corrected chi connectivity index (χ3v) is 4.65. The molecule has 0 saturated carbocycles. The molecular weight excluding hydrogens is 372 g/mol. The van der Waals surface area contributed by atoms with E-state index in [1.54, 1.807) is 34.0 Å². The highest BCUT2D eigenvalue weighted by Crippen LogP contribution is 2.27. The Bertz CT molecular complexity index is 1090. The van der Waals surface area contributed by atoms with Gasteiger partial charge in [-0.3, -0.25) is 4.68 Å². The maximum Gasteiger partial charge on any atom is 0.322 e. The van der Waals surface area contributed by atoms with E-state index in [1.807, 2.05) is 24.7 Å². The molecule has 2 amide bonds. The summed E-state index contributed by atoms with van der Waals surface area (Å²) < 4.78 is 9.27. The molecule has 0 fully saturated rings. The molecule has 0 saturated heterocycles. The van der Waals surface area contributed by atoms with Crippen molar-refractivity contribution in [3.05, 3.63) is 42.0 Å². The predicted molar refractivity (Wildman–Crippen MR) is 104 cm³/mol. The first-order valence-electron chi connectivity index (χ1n) is 9.23. The number of benzene rings is 1. The molecule has 10 nitrogen and oxygen atoms in total. The molecule has 0 spiro atoms. The lowest BCUT2D eigenvalue weighted by Crippen LogP contribution is -2.41. The highest BCUT2D eigenvalue weighted by molar-refractivity contribution is 5.91. The van der Waals surface area contributed by atoms with Gasteiger partial charge in [0.25, 0.3) is 0 Å². The average Bonchev–Trinajstić information content (AvgIpc) is 3.34. The third kappa shape index (κ3) is 3.62.